The molecule has 0 aromatic heterocycles. The van der Waals surface area contributed by atoms with Gasteiger partial charge in [0.05, 0.1) is 6.61 Å². The zero-order valence-corrected chi connectivity index (χ0v) is 42.3. The lowest BCUT2D eigenvalue weighted by Crippen LogP contribution is -2.30. The molecule has 0 aliphatic carbocycles. The first-order chi connectivity index (χ1) is 31.6. The molecule has 0 saturated heterocycles. The normalized spacial score (nSPS) is 12.9. The van der Waals surface area contributed by atoms with Crippen molar-refractivity contribution >= 4 is 11.9 Å². The smallest absolute Gasteiger partial charge is 0.306 e. The largest absolute Gasteiger partial charge is 0.462 e. The molecule has 0 aliphatic rings. The highest BCUT2D eigenvalue weighted by atomic mass is 16.6. The molecule has 0 bridgehead atoms. The van der Waals surface area contributed by atoms with E-state index in [1.807, 2.05) is 0 Å². The summed E-state index contributed by atoms with van der Waals surface area (Å²) >= 11 is 0. The molecule has 0 aromatic rings. The van der Waals surface area contributed by atoms with Gasteiger partial charge in [0.25, 0.3) is 0 Å². The van der Waals surface area contributed by atoms with Gasteiger partial charge in [-0.05, 0) is 89.9 Å². The van der Waals surface area contributed by atoms with E-state index < -0.39 is 6.10 Å². The molecular formula is C59H102O5. The minimum Gasteiger partial charge on any atom is -0.462 e. The Labute approximate surface area is 397 Å². The number of hydrogen-bond donors (Lipinski definition) is 0. The molecule has 0 aliphatic heterocycles. The molecule has 0 fully saturated rings. The van der Waals surface area contributed by atoms with E-state index in [4.69, 9.17) is 14.2 Å². The van der Waals surface area contributed by atoms with Crippen LogP contribution in [0, 0.1) is 0 Å². The van der Waals surface area contributed by atoms with Crippen molar-refractivity contribution in [3.05, 3.63) is 85.1 Å². The third kappa shape index (κ3) is 51.7. The van der Waals surface area contributed by atoms with Crippen molar-refractivity contribution in [2.75, 3.05) is 19.8 Å². The number of carbonyl (C=O) groups excluding carboxylic acids is 2. The summed E-state index contributed by atoms with van der Waals surface area (Å²) in [6.07, 6.45) is 71.7. The van der Waals surface area contributed by atoms with Crippen LogP contribution < -0.4 is 0 Å². The van der Waals surface area contributed by atoms with Crippen LogP contribution in [0.1, 0.15) is 252 Å². The fourth-order valence-electron chi connectivity index (χ4n) is 7.46. The predicted molar refractivity (Wildman–Crippen MR) is 279 cm³/mol. The highest BCUT2D eigenvalue weighted by Crippen LogP contribution is 2.15. The van der Waals surface area contributed by atoms with Gasteiger partial charge >= 0.3 is 11.9 Å². The molecule has 0 saturated carbocycles. The number of ether oxygens (including phenoxy) is 3. The molecule has 1 unspecified atom stereocenters. The molecule has 0 radical (unpaired) electrons. The van der Waals surface area contributed by atoms with Crippen LogP contribution in [0.2, 0.25) is 0 Å². The molecule has 5 heteroatoms. The van der Waals surface area contributed by atoms with E-state index in [1.54, 1.807) is 0 Å². The van der Waals surface area contributed by atoms with E-state index in [2.05, 4.69) is 106 Å². The maximum absolute atomic E-state index is 12.8. The van der Waals surface area contributed by atoms with Crippen LogP contribution in [0.5, 0.6) is 0 Å². The van der Waals surface area contributed by atoms with Gasteiger partial charge in [-0.3, -0.25) is 9.59 Å². The molecule has 0 amide bonds. The highest BCUT2D eigenvalue weighted by molar-refractivity contribution is 5.70. The Morgan fingerprint density at radius 3 is 1.14 bits per heavy atom. The Balaban J connectivity index is 4.31. The van der Waals surface area contributed by atoms with Crippen molar-refractivity contribution in [1.29, 1.82) is 0 Å². The van der Waals surface area contributed by atoms with Crippen LogP contribution in [-0.2, 0) is 23.8 Å². The second-order valence-electron chi connectivity index (χ2n) is 17.7. The highest BCUT2D eigenvalue weighted by Gasteiger charge is 2.17. The summed E-state index contributed by atoms with van der Waals surface area (Å²) in [7, 11) is 0. The maximum atomic E-state index is 12.8. The van der Waals surface area contributed by atoms with E-state index in [0.29, 0.717) is 19.4 Å². The van der Waals surface area contributed by atoms with Crippen LogP contribution in [0.3, 0.4) is 0 Å². The summed E-state index contributed by atoms with van der Waals surface area (Å²) in [4.78, 5) is 25.4. The third-order valence-electron chi connectivity index (χ3n) is 11.4. The molecule has 1 atom stereocenters. The summed E-state index contributed by atoms with van der Waals surface area (Å²) in [5.41, 5.74) is 0. The molecule has 0 rings (SSSR count). The van der Waals surface area contributed by atoms with Gasteiger partial charge in [0.1, 0.15) is 6.61 Å². The van der Waals surface area contributed by atoms with E-state index in [1.165, 1.54) is 103 Å². The number of esters is 2. The Kier molecular flexibility index (Phi) is 51.9. The van der Waals surface area contributed by atoms with Crippen LogP contribution in [0.4, 0.5) is 0 Å². The number of carbonyl (C=O) groups is 2. The van der Waals surface area contributed by atoms with Crippen molar-refractivity contribution in [1.82, 2.24) is 0 Å². The van der Waals surface area contributed by atoms with Gasteiger partial charge in [0, 0.05) is 19.4 Å². The lowest BCUT2D eigenvalue weighted by Gasteiger charge is -2.18. The molecule has 0 N–H and O–H groups in total. The second kappa shape index (κ2) is 54.4. The first kappa shape index (κ1) is 61.1. The molecule has 5 nitrogen and oxygen atoms in total. The van der Waals surface area contributed by atoms with Gasteiger partial charge in [-0.15, -0.1) is 0 Å². The Morgan fingerprint density at radius 2 is 0.703 bits per heavy atom. The lowest BCUT2D eigenvalue weighted by atomic mass is 10.0. The number of allylic oxidation sites excluding steroid dienone is 14. The fourth-order valence-corrected chi connectivity index (χ4v) is 7.46. The molecule has 0 spiro atoms. The van der Waals surface area contributed by atoms with E-state index in [0.717, 1.165) is 116 Å². The van der Waals surface area contributed by atoms with Gasteiger partial charge in [0.2, 0.25) is 0 Å². The van der Waals surface area contributed by atoms with Crippen molar-refractivity contribution in [2.45, 2.75) is 258 Å². The van der Waals surface area contributed by atoms with Crippen LogP contribution >= 0.6 is 0 Å². The molecule has 0 heterocycles. The molecular weight excluding hydrogens is 789 g/mol. The topological polar surface area (TPSA) is 61.8 Å². The Bertz CT molecular complexity index is 1190. The van der Waals surface area contributed by atoms with Crippen LogP contribution in [0.25, 0.3) is 0 Å². The van der Waals surface area contributed by atoms with E-state index in [-0.39, 0.29) is 25.2 Å². The van der Waals surface area contributed by atoms with Crippen molar-refractivity contribution in [3.63, 3.8) is 0 Å². The number of rotatable bonds is 49. The Morgan fingerprint density at radius 1 is 0.359 bits per heavy atom. The van der Waals surface area contributed by atoms with E-state index >= 15 is 0 Å². The minimum absolute atomic E-state index is 0.0592. The average Bonchev–Trinajstić information content (AvgIpc) is 3.30. The summed E-state index contributed by atoms with van der Waals surface area (Å²) in [5.74, 6) is -0.454. The fraction of sp³-hybridized carbons (Fsp3) is 0.729. The van der Waals surface area contributed by atoms with Gasteiger partial charge in [-0.2, -0.15) is 0 Å². The van der Waals surface area contributed by atoms with Crippen molar-refractivity contribution in [2.24, 2.45) is 0 Å². The predicted octanol–water partition coefficient (Wildman–Crippen LogP) is 18.5. The SMILES string of the molecule is CC/C=C\C/C=C\C/C=C\C/C=C\CCCCCCC(=O)OCC(COCCCCCCCCCCCCCCCCCCCC)OC(=O)CCCCC/C=C\C/C=C\C/C=C\CC. The third-order valence-corrected chi connectivity index (χ3v) is 11.4. The van der Waals surface area contributed by atoms with Crippen LogP contribution in [0.15, 0.2) is 85.1 Å². The average molecular weight is 891 g/mol. The van der Waals surface area contributed by atoms with Gasteiger partial charge in [-0.25, -0.2) is 0 Å². The second-order valence-corrected chi connectivity index (χ2v) is 17.7. The number of unbranched alkanes of at least 4 members (excludes halogenated alkanes) is 24. The monoisotopic (exact) mass is 891 g/mol. The summed E-state index contributed by atoms with van der Waals surface area (Å²) in [5, 5.41) is 0. The summed E-state index contributed by atoms with van der Waals surface area (Å²) in [6.45, 7) is 7.57. The van der Waals surface area contributed by atoms with Crippen molar-refractivity contribution in [3.8, 4) is 0 Å². The zero-order chi connectivity index (χ0) is 46.3. The van der Waals surface area contributed by atoms with Gasteiger partial charge in [-0.1, -0.05) is 234 Å². The minimum atomic E-state index is -0.563. The molecule has 64 heavy (non-hydrogen) atoms. The maximum Gasteiger partial charge on any atom is 0.306 e. The van der Waals surface area contributed by atoms with Crippen LogP contribution in [-0.4, -0.2) is 37.9 Å². The molecule has 0 aromatic carbocycles. The standard InChI is InChI=1S/C59H102O5/c1-4-7-10-13-16-19-22-25-27-29-31-33-36-39-42-45-48-51-54-62-55-57(64-59(61)53-50-47-44-41-38-34-24-21-18-15-12-9-6-3)56-63-58(60)52-49-46-43-40-37-35-32-30-28-26-23-20-17-14-11-8-5-2/h8-9,11-12,17-18,20-21,26,28,32,34-35,38,57H,4-7,10,13-16,19,22-25,27,29-31,33,36-37,39-56H2,1-3H3/b11-8-,12-9-,20-17-,21-18-,28-26-,35-32-,38-34-. The number of hydrogen-bond acceptors (Lipinski definition) is 5. The van der Waals surface area contributed by atoms with Gasteiger partial charge < -0.3 is 14.2 Å². The summed E-state index contributed by atoms with van der Waals surface area (Å²) in [6, 6.07) is 0. The first-order valence-electron chi connectivity index (χ1n) is 27.1. The quantitative estimate of drug-likeness (QED) is 0.0346. The Hall–Kier alpha value is -2.92. The van der Waals surface area contributed by atoms with Crippen molar-refractivity contribution < 1.29 is 23.8 Å². The summed E-state index contributed by atoms with van der Waals surface area (Å²) < 4.78 is 17.4. The molecule has 368 valence electrons. The first-order valence-corrected chi connectivity index (χ1v) is 27.1. The van der Waals surface area contributed by atoms with Gasteiger partial charge in [0.15, 0.2) is 6.10 Å². The zero-order valence-electron chi connectivity index (χ0n) is 42.3. The lowest BCUT2D eigenvalue weighted by molar-refractivity contribution is -0.163. The van der Waals surface area contributed by atoms with E-state index in [9.17, 15) is 9.59 Å².